The topological polar surface area (TPSA) is 29.1 Å². The summed E-state index contributed by atoms with van der Waals surface area (Å²) in [4.78, 5) is 12.6. The lowest BCUT2D eigenvalue weighted by Crippen LogP contribution is -2.42. The highest BCUT2D eigenvalue weighted by Crippen LogP contribution is 2.41. The summed E-state index contributed by atoms with van der Waals surface area (Å²) in [6.45, 7) is 2.92. The molecule has 1 aliphatic carbocycles. The molecule has 1 amide bonds. The van der Waals surface area contributed by atoms with Crippen molar-refractivity contribution in [2.75, 3.05) is 6.54 Å². The number of unbranched alkanes of at least 4 members (excludes halogenated alkanes) is 1. The number of carbonyl (C=O) groups is 1. The minimum Gasteiger partial charge on any atom is -0.355 e. The molecule has 0 atom stereocenters. The van der Waals surface area contributed by atoms with Crippen LogP contribution in [-0.4, -0.2) is 12.5 Å². The molecular weight excluding hydrogens is 258 g/mol. The Bertz CT molecular complexity index is 421. The lowest BCUT2D eigenvalue weighted by molar-refractivity contribution is -0.126. The molecule has 3 heteroatoms. The van der Waals surface area contributed by atoms with Gasteiger partial charge in [-0.05, 0) is 37.0 Å². The highest BCUT2D eigenvalue weighted by atomic mass is 35.5. The van der Waals surface area contributed by atoms with E-state index in [0.717, 1.165) is 55.7 Å². The molecule has 1 saturated carbocycles. The molecule has 1 fully saturated rings. The van der Waals surface area contributed by atoms with E-state index in [1.807, 2.05) is 24.3 Å². The minimum absolute atomic E-state index is 0.195. The van der Waals surface area contributed by atoms with Crippen LogP contribution in [0, 0.1) is 0 Å². The Hall–Kier alpha value is -1.02. The number of halogens is 1. The second kappa shape index (κ2) is 6.42. The Morgan fingerprint density at radius 3 is 2.47 bits per heavy atom. The third-order valence-corrected chi connectivity index (χ3v) is 4.36. The van der Waals surface area contributed by atoms with E-state index in [-0.39, 0.29) is 11.3 Å². The summed E-state index contributed by atoms with van der Waals surface area (Å²) in [5.74, 6) is 0.195. The number of hydrogen-bond donors (Lipinski definition) is 1. The SMILES string of the molecule is CCCCNC(=O)C1(c2ccc(Cl)cc2)CCCC1. The average Bonchev–Trinajstić information content (AvgIpc) is 2.90. The Balaban J connectivity index is 2.17. The monoisotopic (exact) mass is 279 g/mol. The van der Waals surface area contributed by atoms with Gasteiger partial charge >= 0.3 is 0 Å². The summed E-state index contributed by atoms with van der Waals surface area (Å²) in [6.07, 6.45) is 6.31. The second-order valence-electron chi connectivity index (χ2n) is 5.41. The molecule has 104 valence electrons. The van der Waals surface area contributed by atoms with Crippen LogP contribution in [0.15, 0.2) is 24.3 Å². The van der Waals surface area contributed by atoms with E-state index in [1.54, 1.807) is 0 Å². The summed E-state index contributed by atoms with van der Waals surface area (Å²) in [5, 5.41) is 3.83. The highest BCUT2D eigenvalue weighted by Gasteiger charge is 2.42. The first-order chi connectivity index (χ1) is 9.19. The predicted octanol–water partition coefficient (Wildman–Crippen LogP) is 4.07. The molecule has 0 saturated heterocycles. The molecular formula is C16H22ClNO. The highest BCUT2D eigenvalue weighted by molar-refractivity contribution is 6.30. The summed E-state index contributed by atoms with van der Waals surface area (Å²) in [7, 11) is 0. The number of hydrogen-bond acceptors (Lipinski definition) is 1. The Morgan fingerprint density at radius 2 is 1.89 bits per heavy atom. The quantitative estimate of drug-likeness (QED) is 0.809. The van der Waals surface area contributed by atoms with Crippen LogP contribution < -0.4 is 5.32 Å². The van der Waals surface area contributed by atoms with Gasteiger partial charge in [-0.1, -0.05) is 49.9 Å². The minimum atomic E-state index is -0.321. The van der Waals surface area contributed by atoms with E-state index >= 15 is 0 Å². The van der Waals surface area contributed by atoms with Crippen molar-refractivity contribution in [2.24, 2.45) is 0 Å². The van der Waals surface area contributed by atoms with E-state index in [2.05, 4.69) is 12.2 Å². The molecule has 0 aromatic heterocycles. The summed E-state index contributed by atoms with van der Waals surface area (Å²) in [6, 6.07) is 7.78. The summed E-state index contributed by atoms with van der Waals surface area (Å²) < 4.78 is 0. The Kier molecular flexibility index (Phi) is 4.87. The fourth-order valence-electron chi connectivity index (χ4n) is 2.94. The van der Waals surface area contributed by atoms with Gasteiger partial charge in [0.25, 0.3) is 0 Å². The number of amides is 1. The normalized spacial score (nSPS) is 17.4. The smallest absolute Gasteiger partial charge is 0.230 e. The number of rotatable bonds is 5. The van der Waals surface area contributed by atoms with E-state index in [0.29, 0.717) is 0 Å². The lowest BCUT2D eigenvalue weighted by atomic mass is 9.78. The number of benzene rings is 1. The van der Waals surface area contributed by atoms with Gasteiger partial charge in [0, 0.05) is 11.6 Å². The van der Waals surface area contributed by atoms with Gasteiger partial charge in [0.1, 0.15) is 0 Å². The first-order valence-corrected chi connectivity index (χ1v) is 7.61. The molecule has 1 N–H and O–H groups in total. The molecule has 2 nitrogen and oxygen atoms in total. The van der Waals surface area contributed by atoms with Crippen LogP contribution >= 0.6 is 11.6 Å². The van der Waals surface area contributed by atoms with Gasteiger partial charge in [-0.15, -0.1) is 0 Å². The van der Waals surface area contributed by atoms with Gasteiger partial charge in [-0.2, -0.15) is 0 Å². The van der Waals surface area contributed by atoms with Crippen molar-refractivity contribution in [1.82, 2.24) is 5.32 Å². The molecule has 1 aromatic carbocycles. The zero-order valence-corrected chi connectivity index (χ0v) is 12.3. The molecule has 2 rings (SSSR count). The van der Waals surface area contributed by atoms with Crippen molar-refractivity contribution < 1.29 is 4.79 Å². The van der Waals surface area contributed by atoms with E-state index in [1.165, 1.54) is 0 Å². The molecule has 0 heterocycles. The third kappa shape index (κ3) is 3.11. The van der Waals surface area contributed by atoms with Crippen LogP contribution in [0.1, 0.15) is 51.0 Å². The van der Waals surface area contributed by atoms with Crippen LogP contribution in [0.2, 0.25) is 5.02 Å². The zero-order valence-electron chi connectivity index (χ0n) is 11.5. The molecule has 0 aliphatic heterocycles. The maximum absolute atomic E-state index is 12.6. The van der Waals surface area contributed by atoms with Crippen LogP contribution in [0.3, 0.4) is 0 Å². The number of nitrogens with one attached hydrogen (secondary N) is 1. The van der Waals surface area contributed by atoms with E-state index in [4.69, 9.17) is 11.6 Å². The molecule has 0 spiro atoms. The van der Waals surface area contributed by atoms with Crippen molar-refractivity contribution in [2.45, 2.75) is 50.9 Å². The molecule has 0 radical (unpaired) electrons. The Labute approximate surface area is 120 Å². The average molecular weight is 280 g/mol. The van der Waals surface area contributed by atoms with Gasteiger partial charge < -0.3 is 5.32 Å². The third-order valence-electron chi connectivity index (χ3n) is 4.10. The van der Waals surface area contributed by atoms with Crippen molar-refractivity contribution >= 4 is 17.5 Å². The van der Waals surface area contributed by atoms with Crippen molar-refractivity contribution in [3.05, 3.63) is 34.9 Å². The van der Waals surface area contributed by atoms with Crippen LogP contribution in [0.5, 0.6) is 0 Å². The van der Waals surface area contributed by atoms with Gasteiger partial charge in [-0.3, -0.25) is 4.79 Å². The molecule has 1 aliphatic rings. The molecule has 19 heavy (non-hydrogen) atoms. The van der Waals surface area contributed by atoms with Crippen molar-refractivity contribution in [1.29, 1.82) is 0 Å². The zero-order chi connectivity index (χ0) is 13.7. The fourth-order valence-corrected chi connectivity index (χ4v) is 3.07. The van der Waals surface area contributed by atoms with Gasteiger partial charge in [0.05, 0.1) is 5.41 Å². The van der Waals surface area contributed by atoms with Crippen LogP contribution in [0.4, 0.5) is 0 Å². The predicted molar refractivity (Wildman–Crippen MR) is 79.5 cm³/mol. The van der Waals surface area contributed by atoms with Crippen molar-refractivity contribution in [3.8, 4) is 0 Å². The maximum Gasteiger partial charge on any atom is 0.230 e. The van der Waals surface area contributed by atoms with Gasteiger partial charge in [0.2, 0.25) is 5.91 Å². The molecule has 0 bridgehead atoms. The maximum atomic E-state index is 12.6. The van der Waals surface area contributed by atoms with Crippen molar-refractivity contribution in [3.63, 3.8) is 0 Å². The second-order valence-corrected chi connectivity index (χ2v) is 5.84. The van der Waals surface area contributed by atoms with Crippen LogP contribution in [0.25, 0.3) is 0 Å². The first kappa shape index (κ1) is 14.4. The van der Waals surface area contributed by atoms with E-state index < -0.39 is 0 Å². The largest absolute Gasteiger partial charge is 0.355 e. The molecule has 1 aromatic rings. The summed E-state index contributed by atoms with van der Waals surface area (Å²) in [5.41, 5.74) is 0.793. The lowest BCUT2D eigenvalue weighted by Gasteiger charge is -2.28. The molecule has 0 unspecified atom stereocenters. The van der Waals surface area contributed by atoms with Gasteiger partial charge in [-0.25, -0.2) is 0 Å². The van der Waals surface area contributed by atoms with Gasteiger partial charge in [0.15, 0.2) is 0 Å². The number of carbonyl (C=O) groups excluding carboxylic acids is 1. The fraction of sp³-hybridized carbons (Fsp3) is 0.562. The van der Waals surface area contributed by atoms with E-state index in [9.17, 15) is 4.79 Å². The first-order valence-electron chi connectivity index (χ1n) is 7.23. The van der Waals surface area contributed by atoms with Crippen LogP contribution in [-0.2, 0) is 10.2 Å². The standard InChI is InChI=1S/C16H22ClNO/c1-2-3-12-18-15(19)16(10-4-5-11-16)13-6-8-14(17)9-7-13/h6-9H,2-5,10-12H2,1H3,(H,18,19). The Morgan fingerprint density at radius 1 is 1.26 bits per heavy atom. The summed E-state index contributed by atoms with van der Waals surface area (Å²) >= 11 is 5.95.